The highest BCUT2D eigenvalue weighted by Gasteiger charge is 2.46. The van der Waals surface area contributed by atoms with Crippen LogP contribution in [0.25, 0.3) is 11.1 Å². The lowest BCUT2D eigenvalue weighted by Gasteiger charge is -2.34. The van der Waals surface area contributed by atoms with Gasteiger partial charge in [-0.1, -0.05) is 98.8 Å². The lowest BCUT2D eigenvalue weighted by Crippen LogP contribution is -2.28. The first-order chi connectivity index (χ1) is 22.9. The molecule has 0 radical (unpaired) electrons. The summed E-state index contributed by atoms with van der Waals surface area (Å²) in [6.45, 7) is 8.44. The van der Waals surface area contributed by atoms with Gasteiger partial charge in [0.25, 0.3) is 0 Å². The minimum absolute atomic E-state index is 0.544. The molecule has 234 valence electrons. The third-order valence-electron chi connectivity index (χ3n) is 9.65. The van der Waals surface area contributed by atoms with Gasteiger partial charge in [0.05, 0.1) is 5.41 Å². The van der Waals surface area contributed by atoms with Crippen molar-refractivity contribution < 1.29 is 9.47 Å². The summed E-state index contributed by atoms with van der Waals surface area (Å²) >= 11 is 0. The largest absolute Gasteiger partial charge is 0.457 e. The Bertz CT molecular complexity index is 1980. The van der Waals surface area contributed by atoms with E-state index in [0.29, 0.717) is 0 Å². The molecule has 4 nitrogen and oxygen atoms in total. The van der Waals surface area contributed by atoms with E-state index >= 15 is 0 Å². The molecule has 1 aliphatic rings. The third kappa shape index (κ3) is 4.92. The van der Waals surface area contributed by atoms with E-state index in [9.17, 15) is 0 Å². The van der Waals surface area contributed by atoms with Gasteiger partial charge in [-0.25, -0.2) is 0 Å². The van der Waals surface area contributed by atoms with E-state index in [1.165, 1.54) is 33.4 Å². The van der Waals surface area contributed by atoms with Crippen molar-refractivity contribution in [1.82, 2.24) is 0 Å². The summed E-state index contributed by atoms with van der Waals surface area (Å²) in [6, 6.07) is 42.5. The summed E-state index contributed by atoms with van der Waals surface area (Å²) < 4.78 is 13.0. The van der Waals surface area contributed by atoms with Crippen molar-refractivity contribution >= 4 is 11.4 Å². The summed E-state index contributed by atoms with van der Waals surface area (Å²) in [7, 11) is 0. The molecule has 0 saturated heterocycles. The second kappa shape index (κ2) is 12.0. The Morgan fingerprint density at radius 2 is 0.915 bits per heavy atom. The molecule has 0 saturated carbocycles. The molecular formula is C43H40N2O2. The zero-order valence-corrected chi connectivity index (χ0v) is 27.4. The molecule has 0 spiro atoms. The highest BCUT2D eigenvalue weighted by Crippen LogP contribution is 2.56. The standard InChI is InChI=1S/C43H40N2O2/c1-5-31-37(44)17-11-19-41(31)46-39-23-21-29(25-27(39)3)43(35-15-9-7-13-33(35)34-14-8-10-16-36(34)43)30-22-24-40(28(4)26-30)47-42-20-12-18-38(45)32(42)6-2/h7-26H,5-6,44-45H2,1-4H3. The van der Waals surface area contributed by atoms with Crippen LogP contribution in [-0.2, 0) is 18.3 Å². The van der Waals surface area contributed by atoms with E-state index in [0.717, 1.165) is 69.5 Å². The molecule has 6 aromatic carbocycles. The number of hydrogen-bond donors (Lipinski definition) is 2. The van der Waals surface area contributed by atoms with Crippen molar-refractivity contribution in [1.29, 1.82) is 0 Å². The molecule has 47 heavy (non-hydrogen) atoms. The van der Waals surface area contributed by atoms with Gasteiger partial charge in [-0.3, -0.25) is 0 Å². The van der Waals surface area contributed by atoms with Crippen LogP contribution in [0.5, 0.6) is 23.0 Å². The van der Waals surface area contributed by atoms with Crippen molar-refractivity contribution in [3.63, 3.8) is 0 Å². The first-order valence-corrected chi connectivity index (χ1v) is 16.4. The number of fused-ring (bicyclic) bond motifs is 3. The van der Waals surface area contributed by atoms with Gasteiger partial charge in [0.15, 0.2) is 0 Å². The van der Waals surface area contributed by atoms with E-state index in [2.05, 4.69) is 113 Å². The monoisotopic (exact) mass is 616 g/mol. The maximum absolute atomic E-state index is 6.52. The third-order valence-corrected chi connectivity index (χ3v) is 9.65. The molecule has 7 rings (SSSR count). The fraction of sp³-hybridized carbons (Fsp3) is 0.163. The van der Waals surface area contributed by atoms with Crippen molar-refractivity contribution in [3.05, 3.63) is 166 Å². The number of rotatable bonds is 8. The Labute approximate surface area is 277 Å². The summed E-state index contributed by atoms with van der Waals surface area (Å²) in [4.78, 5) is 0. The summed E-state index contributed by atoms with van der Waals surface area (Å²) in [6.07, 6.45) is 1.60. The second-order valence-electron chi connectivity index (χ2n) is 12.4. The maximum atomic E-state index is 6.52. The molecule has 0 unspecified atom stereocenters. The number of anilines is 2. The van der Waals surface area contributed by atoms with Gasteiger partial charge in [0.1, 0.15) is 23.0 Å². The Morgan fingerprint density at radius 3 is 1.32 bits per heavy atom. The van der Waals surface area contributed by atoms with Crippen LogP contribution in [0.15, 0.2) is 121 Å². The van der Waals surface area contributed by atoms with Crippen LogP contribution in [0, 0.1) is 13.8 Å². The van der Waals surface area contributed by atoms with E-state index in [4.69, 9.17) is 20.9 Å². The minimum atomic E-state index is -0.544. The van der Waals surface area contributed by atoms with Crippen molar-refractivity contribution in [3.8, 4) is 34.1 Å². The van der Waals surface area contributed by atoms with Gasteiger partial charge in [0, 0.05) is 22.5 Å². The Kier molecular flexibility index (Phi) is 7.73. The van der Waals surface area contributed by atoms with Crippen molar-refractivity contribution in [2.45, 2.75) is 46.0 Å². The van der Waals surface area contributed by atoms with Crippen LogP contribution >= 0.6 is 0 Å². The Balaban J connectivity index is 1.39. The van der Waals surface area contributed by atoms with Gasteiger partial charge in [0.2, 0.25) is 0 Å². The maximum Gasteiger partial charge on any atom is 0.132 e. The molecule has 1 aliphatic carbocycles. The number of aryl methyl sites for hydroxylation is 2. The van der Waals surface area contributed by atoms with Gasteiger partial charge in [-0.15, -0.1) is 0 Å². The molecule has 4 heteroatoms. The SMILES string of the molecule is CCc1c(N)cccc1Oc1ccc(C2(c3ccc(Oc4cccc(N)c4CC)c(C)c3)c3ccccc3-c3ccccc32)cc1C. The van der Waals surface area contributed by atoms with Crippen LogP contribution in [0.1, 0.15) is 58.4 Å². The fourth-order valence-corrected chi connectivity index (χ4v) is 7.37. The highest BCUT2D eigenvalue weighted by atomic mass is 16.5. The lowest BCUT2D eigenvalue weighted by molar-refractivity contribution is 0.472. The molecule has 0 bridgehead atoms. The number of nitrogen functional groups attached to an aromatic ring is 2. The van der Waals surface area contributed by atoms with Crippen LogP contribution in [0.2, 0.25) is 0 Å². The first kappa shape index (κ1) is 30.2. The fourth-order valence-electron chi connectivity index (χ4n) is 7.37. The normalized spacial score (nSPS) is 12.8. The Hall–Kier alpha value is -5.48. The van der Waals surface area contributed by atoms with Crippen LogP contribution in [-0.4, -0.2) is 0 Å². The van der Waals surface area contributed by atoms with Gasteiger partial charge < -0.3 is 20.9 Å². The summed E-state index contributed by atoms with van der Waals surface area (Å²) in [5.41, 5.74) is 25.1. The number of hydrogen-bond acceptors (Lipinski definition) is 4. The zero-order valence-electron chi connectivity index (χ0n) is 27.4. The zero-order chi connectivity index (χ0) is 32.7. The first-order valence-electron chi connectivity index (χ1n) is 16.4. The predicted octanol–water partition coefficient (Wildman–Crippen LogP) is 10.5. The molecular weight excluding hydrogens is 576 g/mol. The second-order valence-corrected chi connectivity index (χ2v) is 12.4. The lowest BCUT2D eigenvalue weighted by atomic mass is 9.67. The topological polar surface area (TPSA) is 70.5 Å². The number of nitrogens with two attached hydrogens (primary N) is 2. The van der Waals surface area contributed by atoms with Crippen LogP contribution in [0.4, 0.5) is 11.4 Å². The summed E-state index contributed by atoms with van der Waals surface area (Å²) in [5, 5.41) is 0. The van der Waals surface area contributed by atoms with Gasteiger partial charge in [-0.2, -0.15) is 0 Å². The smallest absolute Gasteiger partial charge is 0.132 e. The van der Waals surface area contributed by atoms with E-state index in [1.807, 2.05) is 36.4 Å². The highest BCUT2D eigenvalue weighted by molar-refractivity contribution is 5.86. The summed E-state index contributed by atoms with van der Waals surface area (Å²) in [5.74, 6) is 3.23. The number of ether oxygens (including phenoxy) is 2. The van der Waals surface area contributed by atoms with Crippen molar-refractivity contribution in [2.24, 2.45) is 0 Å². The van der Waals surface area contributed by atoms with E-state index in [1.54, 1.807) is 0 Å². The quantitative estimate of drug-likeness (QED) is 0.167. The van der Waals surface area contributed by atoms with E-state index < -0.39 is 5.41 Å². The molecule has 0 atom stereocenters. The molecule has 0 fully saturated rings. The van der Waals surface area contributed by atoms with E-state index in [-0.39, 0.29) is 0 Å². The van der Waals surface area contributed by atoms with Crippen LogP contribution in [0.3, 0.4) is 0 Å². The van der Waals surface area contributed by atoms with Crippen molar-refractivity contribution in [2.75, 3.05) is 11.5 Å². The average molecular weight is 617 g/mol. The minimum Gasteiger partial charge on any atom is -0.457 e. The molecule has 0 amide bonds. The van der Waals surface area contributed by atoms with Crippen LogP contribution < -0.4 is 20.9 Å². The molecule has 6 aromatic rings. The molecule has 4 N–H and O–H groups in total. The predicted molar refractivity (Wildman–Crippen MR) is 194 cm³/mol. The van der Waals surface area contributed by atoms with Gasteiger partial charge >= 0.3 is 0 Å². The Morgan fingerprint density at radius 1 is 0.489 bits per heavy atom. The molecule has 0 aromatic heterocycles. The average Bonchev–Trinajstić information content (AvgIpc) is 3.38. The number of benzene rings is 6. The molecule has 0 heterocycles. The molecule has 0 aliphatic heterocycles. The van der Waals surface area contributed by atoms with Gasteiger partial charge in [-0.05, 0) is 108 Å².